The number of hydrogen-bond acceptors (Lipinski definition) is 2. The van der Waals surface area contributed by atoms with Crippen LogP contribution >= 0.6 is 11.8 Å². The van der Waals surface area contributed by atoms with E-state index in [2.05, 4.69) is 48.6 Å². The van der Waals surface area contributed by atoms with Crippen LogP contribution in [0.4, 0.5) is 0 Å². The van der Waals surface area contributed by atoms with Crippen molar-refractivity contribution in [3.63, 3.8) is 0 Å². The summed E-state index contributed by atoms with van der Waals surface area (Å²) in [5.41, 5.74) is 2.43. The lowest BCUT2D eigenvalue weighted by molar-refractivity contribution is 0.413. The highest BCUT2D eigenvalue weighted by atomic mass is 32.2. The molecule has 2 aromatic rings. The molecular formula is C17H13OS. The van der Waals surface area contributed by atoms with Gasteiger partial charge in [0, 0.05) is 9.80 Å². The number of thioether (sulfide) groups is 1. The van der Waals surface area contributed by atoms with E-state index >= 15 is 0 Å². The zero-order chi connectivity index (χ0) is 13.1. The molecule has 19 heavy (non-hydrogen) atoms. The summed E-state index contributed by atoms with van der Waals surface area (Å²) >= 11 is 1.77. The Morgan fingerprint density at radius 3 is 2.74 bits per heavy atom. The molecule has 1 heterocycles. The molecule has 0 spiro atoms. The molecule has 2 heteroatoms. The van der Waals surface area contributed by atoms with Crippen LogP contribution in [-0.2, 0) is 0 Å². The lowest BCUT2D eigenvalue weighted by Gasteiger charge is -2.09. The Balaban J connectivity index is 2.00. The first-order chi connectivity index (χ1) is 9.36. The molecular weight excluding hydrogens is 252 g/mol. The first kappa shape index (κ1) is 12.1. The third-order valence-corrected chi connectivity index (χ3v) is 4.13. The topological polar surface area (TPSA) is 9.23 Å². The van der Waals surface area contributed by atoms with E-state index in [-0.39, 0.29) is 0 Å². The fourth-order valence-corrected chi connectivity index (χ4v) is 3.03. The third kappa shape index (κ3) is 2.59. The largest absolute Gasteiger partial charge is 0.497 e. The van der Waals surface area contributed by atoms with E-state index in [0.29, 0.717) is 0 Å². The zero-order valence-electron chi connectivity index (χ0n) is 10.6. The number of fused-ring (bicyclic) bond motifs is 1. The standard InChI is InChI=1S/C17H13OS/c1-18-15-11-10-14-8-5-9-16(19-17(14)12-15)13-6-3-2-4-7-13/h3-12H,1H3. The quantitative estimate of drug-likeness (QED) is 0.781. The maximum atomic E-state index is 5.30. The van der Waals surface area contributed by atoms with Crippen molar-refractivity contribution in [2.45, 2.75) is 4.90 Å². The third-order valence-electron chi connectivity index (χ3n) is 2.97. The summed E-state index contributed by atoms with van der Waals surface area (Å²) in [4.78, 5) is 2.45. The maximum Gasteiger partial charge on any atom is 0.120 e. The summed E-state index contributed by atoms with van der Waals surface area (Å²) < 4.78 is 5.30. The molecule has 3 rings (SSSR count). The van der Waals surface area contributed by atoms with Gasteiger partial charge in [0.15, 0.2) is 0 Å². The minimum atomic E-state index is 0.891. The average molecular weight is 265 g/mol. The van der Waals surface area contributed by atoms with Gasteiger partial charge in [0.1, 0.15) is 5.75 Å². The lowest BCUT2D eigenvalue weighted by Crippen LogP contribution is -1.86. The van der Waals surface area contributed by atoms with Gasteiger partial charge >= 0.3 is 0 Å². The van der Waals surface area contributed by atoms with Crippen LogP contribution in [0.15, 0.2) is 59.5 Å². The molecule has 2 aromatic carbocycles. The Morgan fingerprint density at radius 2 is 1.95 bits per heavy atom. The van der Waals surface area contributed by atoms with E-state index in [1.165, 1.54) is 20.9 Å². The Labute approximate surface area is 117 Å². The molecule has 0 atom stereocenters. The van der Waals surface area contributed by atoms with Crippen molar-refractivity contribution < 1.29 is 4.74 Å². The molecule has 1 aliphatic heterocycles. The summed E-state index contributed by atoms with van der Waals surface area (Å²) in [7, 11) is 1.70. The molecule has 1 radical (unpaired) electrons. The highest BCUT2D eigenvalue weighted by Gasteiger charge is 2.10. The van der Waals surface area contributed by atoms with E-state index in [1.807, 2.05) is 18.2 Å². The Kier molecular flexibility index (Phi) is 3.43. The minimum absolute atomic E-state index is 0.891. The summed E-state index contributed by atoms with van der Waals surface area (Å²) in [6.45, 7) is 0. The summed E-state index contributed by atoms with van der Waals surface area (Å²) in [6, 6.07) is 17.3. The number of hydrogen-bond donors (Lipinski definition) is 0. The van der Waals surface area contributed by atoms with E-state index in [9.17, 15) is 0 Å². The molecule has 93 valence electrons. The number of methoxy groups -OCH3 is 1. The van der Waals surface area contributed by atoms with Crippen molar-refractivity contribution in [1.82, 2.24) is 0 Å². The molecule has 0 aromatic heterocycles. The van der Waals surface area contributed by atoms with Crippen LogP contribution in [-0.4, -0.2) is 7.11 Å². The molecule has 1 aliphatic rings. The van der Waals surface area contributed by atoms with Crippen molar-refractivity contribution in [1.29, 1.82) is 0 Å². The molecule has 0 bridgehead atoms. The molecule has 0 saturated heterocycles. The fourth-order valence-electron chi connectivity index (χ4n) is 1.97. The first-order valence-electron chi connectivity index (χ1n) is 6.07. The molecule has 0 unspecified atom stereocenters. The van der Waals surface area contributed by atoms with E-state index in [4.69, 9.17) is 4.74 Å². The Morgan fingerprint density at radius 1 is 1.11 bits per heavy atom. The smallest absolute Gasteiger partial charge is 0.120 e. The molecule has 0 fully saturated rings. The predicted octanol–water partition coefficient (Wildman–Crippen LogP) is 4.66. The van der Waals surface area contributed by atoms with Crippen LogP contribution in [0.5, 0.6) is 5.75 Å². The van der Waals surface area contributed by atoms with Gasteiger partial charge in [-0.25, -0.2) is 0 Å². The second-order valence-corrected chi connectivity index (χ2v) is 5.27. The first-order valence-corrected chi connectivity index (χ1v) is 6.89. The van der Waals surface area contributed by atoms with Crippen LogP contribution in [0.25, 0.3) is 11.0 Å². The van der Waals surface area contributed by atoms with Crippen LogP contribution in [0.1, 0.15) is 11.1 Å². The van der Waals surface area contributed by atoms with Gasteiger partial charge in [-0.15, -0.1) is 0 Å². The number of rotatable bonds is 2. The van der Waals surface area contributed by atoms with Crippen molar-refractivity contribution in [2.24, 2.45) is 0 Å². The van der Waals surface area contributed by atoms with Gasteiger partial charge in [0.2, 0.25) is 0 Å². The fraction of sp³-hybridized carbons (Fsp3) is 0.0588. The SMILES string of the molecule is COc1ccc2c(c1)SC(c1cc[c]cc1)=CC=C2. The number of allylic oxidation sites excluding steroid dienone is 2. The van der Waals surface area contributed by atoms with Gasteiger partial charge in [0.25, 0.3) is 0 Å². The predicted molar refractivity (Wildman–Crippen MR) is 81.1 cm³/mol. The minimum Gasteiger partial charge on any atom is -0.497 e. The Hall–Kier alpha value is -1.93. The van der Waals surface area contributed by atoms with Crippen LogP contribution in [0, 0.1) is 6.07 Å². The van der Waals surface area contributed by atoms with Crippen molar-refractivity contribution in [2.75, 3.05) is 7.11 Å². The normalized spacial score (nSPS) is 13.4. The van der Waals surface area contributed by atoms with E-state index in [0.717, 1.165) is 5.75 Å². The second-order valence-electron chi connectivity index (χ2n) is 4.18. The monoisotopic (exact) mass is 265 g/mol. The van der Waals surface area contributed by atoms with Gasteiger partial charge in [-0.3, -0.25) is 0 Å². The van der Waals surface area contributed by atoms with Crippen LogP contribution in [0.3, 0.4) is 0 Å². The summed E-state index contributed by atoms with van der Waals surface area (Å²) in [5.74, 6) is 0.891. The van der Waals surface area contributed by atoms with Gasteiger partial charge < -0.3 is 4.74 Å². The number of ether oxygens (including phenoxy) is 1. The average Bonchev–Trinajstić information content (AvgIpc) is 2.69. The Bertz CT molecular complexity index is 642. The highest BCUT2D eigenvalue weighted by Crippen LogP contribution is 2.40. The molecule has 0 aliphatic carbocycles. The summed E-state index contributed by atoms with van der Waals surface area (Å²) in [5, 5.41) is 0. The van der Waals surface area contributed by atoms with E-state index < -0.39 is 0 Å². The number of benzene rings is 2. The maximum absolute atomic E-state index is 5.30. The molecule has 0 amide bonds. The zero-order valence-corrected chi connectivity index (χ0v) is 11.4. The van der Waals surface area contributed by atoms with Gasteiger partial charge in [-0.2, -0.15) is 0 Å². The van der Waals surface area contributed by atoms with E-state index in [1.54, 1.807) is 18.9 Å². The van der Waals surface area contributed by atoms with Gasteiger partial charge in [-0.05, 0) is 35.4 Å². The van der Waals surface area contributed by atoms with Crippen molar-refractivity contribution >= 4 is 22.7 Å². The highest BCUT2D eigenvalue weighted by molar-refractivity contribution is 8.08. The van der Waals surface area contributed by atoms with Gasteiger partial charge in [-0.1, -0.05) is 54.2 Å². The van der Waals surface area contributed by atoms with Crippen LogP contribution in [0.2, 0.25) is 0 Å². The molecule has 1 nitrogen and oxygen atoms in total. The second kappa shape index (κ2) is 5.37. The van der Waals surface area contributed by atoms with Gasteiger partial charge in [0.05, 0.1) is 7.11 Å². The van der Waals surface area contributed by atoms with Crippen molar-refractivity contribution in [3.8, 4) is 5.75 Å². The molecule has 0 N–H and O–H groups in total. The van der Waals surface area contributed by atoms with Crippen molar-refractivity contribution in [3.05, 3.63) is 71.8 Å². The molecule has 0 saturated carbocycles. The summed E-state index contributed by atoms with van der Waals surface area (Å²) in [6.07, 6.45) is 6.37. The lowest BCUT2D eigenvalue weighted by atomic mass is 10.2. The van der Waals surface area contributed by atoms with Crippen LogP contribution < -0.4 is 4.74 Å².